The van der Waals surface area contributed by atoms with E-state index in [1.807, 2.05) is 55.5 Å². The lowest BCUT2D eigenvalue weighted by Crippen LogP contribution is -2.27. The van der Waals surface area contributed by atoms with Crippen molar-refractivity contribution in [1.29, 1.82) is 0 Å². The molecule has 3 aromatic rings. The van der Waals surface area contributed by atoms with Crippen LogP contribution in [0.2, 0.25) is 0 Å². The first kappa shape index (κ1) is 18.2. The van der Waals surface area contributed by atoms with E-state index in [-0.39, 0.29) is 11.2 Å². The van der Waals surface area contributed by atoms with Crippen molar-refractivity contribution >= 4 is 17.7 Å². The summed E-state index contributed by atoms with van der Waals surface area (Å²) in [5, 5.41) is 8.94. The number of thioether (sulfide) groups is 1. The number of aryl methyl sites for hydroxylation is 1. The summed E-state index contributed by atoms with van der Waals surface area (Å²) in [6.07, 6.45) is 0. The lowest BCUT2D eigenvalue weighted by Gasteiger charge is -2.20. The maximum absolute atomic E-state index is 12.8. The predicted octanol–water partition coefficient (Wildman–Crippen LogP) is 3.56. The van der Waals surface area contributed by atoms with Gasteiger partial charge in [0.1, 0.15) is 11.1 Å². The van der Waals surface area contributed by atoms with E-state index in [1.54, 1.807) is 19.0 Å². The number of aromatic nitrogens is 3. The molecule has 0 N–H and O–H groups in total. The molecule has 0 saturated heterocycles. The van der Waals surface area contributed by atoms with Gasteiger partial charge in [0.05, 0.1) is 6.54 Å². The SMILES string of the molecule is Cc1nnc(S[C@H](C(=O)N(C)C)c2ccccc2)n1Cc1ccccc1. The summed E-state index contributed by atoms with van der Waals surface area (Å²) in [6.45, 7) is 2.62. The molecule has 0 aliphatic carbocycles. The number of hydrogen-bond acceptors (Lipinski definition) is 4. The molecular formula is C20H22N4OS. The summed E-state index contributed by atoms with van der Waals surface area (Å²) >= 11 is 1.44. The van der Waals surface area contributed by atoms with Gasteiger partial charge >= 0.3 is 0 Å². The third-order valence-corrected chi connectivity index (χ3v) is 5.30. The van der Waals surface area contributed by atoms with Crippen molar-refractivity contribution in [2.24, 2.45) is 0 Å². The highest BCUT2D eigenvalue weighted by molar-refractivity contribution is 8.00. The maximum atomic E-state index is 12.8. The molecule has 0 aliphatic heterocycles. The van der Waals surface area contributed by atoms with Crippen LogP contribution in [0.15, 0.2) is 65.8 Å². The average molecular weight is 366 g/mol. The van der Waals surface area contributed by atoms with Gasteiger partial charge in [0.15, 0.2) is 5.16 Å². The van der Waals surface area contributed by atoms with Gasteiger partial charge in [-0.2, -0.15) is 0 Å². The molecule has 0 saturated carbocycles. The second-order valence-electron chi connectivity index (χ2n) is 6.24. The number of carbonyl (C=O) groups is 1. The van der Waals surface area contributed by atoms with Gasteiger partial charge in [0, 0.05) is 14.1 Å². The highest BCUT2D eigenvalue weighted by Gasteiger charge is 2.26. The van der Waals surface area contributed by atoms with Crippen molar-refractivity contribution in [2.45, 2.75) is 23.9 Å². The standard InChI is InChI=1S/C20H22N4OS/c1-15-21-22-20(24(15)14-16-10-6-4-7-11-16)26-18(19(25)23(2)3)17-12-8-5-9-13-17/h4-13,18H,14H2,1-3H3/t18-/m0/s1. The normalized spacial score (nSPS) is 12.0. The Morgan fingerprint density at radius 1 is 1.04 bits per heavy atom. The van der Waals surface area contributed by atoms with E-state index in [4.69, 9.17) is 0 Å². The Balaban J connectivity index is 1.91. The molecule has 0 aliphatic rings. The van der Waals surface area contributed by atoms with E-state index in [9.17, 15) is 4.79 Å². The third kappa shape index (κ3) is 4.14. The van der Waals surface area contributed by atoms with Crippen LogP contribution in [0, 0.1) is 6.92 Å². The molecule has 134 valence electrons. The van der Waals surface area contributed by atoms with Crippen molar-refractivity contribution < 1.29 is 4.79 Å². The molecule has 1 heterocycles. The zero-order chi connectivity index (χ0) is 18.5. The van der Waals surface area contributed by atoms with Crippen LogP contribution in [0.1, 0.15) is 22.2 Å². The number of rotatable bonds is 6. The quantitative estimate of drug-likeness (QED) is 0.626. The summed E-state index contributed by atoms with van der Waals surface area (Å²) in [6, 6.07) is 20.0. The number of nitrogens with zero attached hydrogens (tertiary/aromatic N) is 4. The monoisotopic (exact) mass is 366 g/mol. The molecule has 0 radical (unpaired) electrons. The fourth-order valence-electron chi connectivity index (χ4n) is 2.63. The van der Waals surface area contributed by atoms with Gasteiger partial charge in [0.2, 0.25) is 5.91 Å². The second kappa shape index (κ2) is 8.19. The Hall–Kier alpha value is -2.60. The van der Waals surface area contributed by atoms with E-state index in [0.29, 0.717) is 6.54 Å². The molecule has 5 nitrogen and oxygen atoms in total. The van der Waals surface area contributed by atoms with Crippen molar-refractivity contribution in [3.63, 3.8) is 0 Å². The Labute approximate surface area is 158 Å². The topological polar surface area (TPSA) is 51.0 Å². The van der Waals surface area contributed by atoms with Gasteiger partial charge in [-0.25, -0.2) is 0 Å². The minimum atomic E-state index is -0.357. The number of benzene rings is 2. The second-order valence-corrected chi connectivity index (χ2v) is 7.32. The molecule has 0 unspecified atom stereocenters. The summed E-state index contributed by atoms with van der Waals surface area (Å²) < 4.78 is 2.05. The number of carbonyl (C=O) groups excluding carboxylic acids is 1. The first-order valence-corrected chi connectivity index (χ1v) is 9.30. The first-order valence-electron chi connectivity index (χ1n) is 8.42. The van der Waals surface area contributed by atoms with E-state index >= 15 is 0 Å². The van der Waals surface area contributed by atoms with Gasteiger partial charge in [-0.15, -0.1) is 10.2 Å². The van der Waals surface area contributed by atoms with Crippen LogP contribution in [0.5, 0.6) is 0 Å². The Morgan fingerprint density at radius 2 is 1.65 bits per heavy atom. The molecule has 1 aromatic heterocycles. The van der Waals surface area contributed by atoms with Crippen molar-refractivity contribution in [2.75, 3.05) is 14.1 Å². The first-order chi connectivity index (χ1) is 12.6. The lowest BCUT2D eigenvalue weighted by atomic mass is 10.1. The highest BCUT2D eigenvalue weighted by Crippen LogP contribution is 2.36. The van der Waals surface area contributed by atoms with E-state index in [1.165, 1.54) is 17.3 Å². The van der Waals surface area contributed by atoms with Crippen LogP contribution < -0.4 is 0 Å². The zero-order valence-corrected chi connectivity index (χ0v) is 16.0. The van der Waals surface area contributed by atoms with Crippen LogP contribution in [-0.2, 0) is 11.3 Å². The molecular weight excluding hydrogens is 344 g/mol. The number of hydrogen-bond donors (Lipinski definition) is 0. The van der Waals surface area contributed by atoms with Crippen molar-refractivity contribution in [3.8, 4) is 0 Å². The van der Waals surface area contributed by atoms with Crippen molar-refractivity contribution in [3.05, 3.63) is 77.6 Å². The number of amides is 1. The van der Waals surface area contributed by atoms with E-state index in [2.05, 4.69) is 26.9 Å². The molecule has 1 amide bonds. The van der Waals surface area contributed by atoms with Crippen molar-refractivity contribution in [1.82, 2.24) is 19.7 Å². The zero-order valence-electron chi connectivity index (χ0n) is 15.2. The maximum Gasteiger partial charge on any atom is 0.240 e. The largest absolute Gasteiger partial charge is 0.348 e. The highest BCUT2D eigenvalue weighted by atomic mass is 32.2. The van der Waals surface area contributed by atoms with Gasteiger partial charge in [0.25, 0.3) is 0 Å². The molecule has 6 heteroatoms. The fourth-order valence-corrected chi connectivity index (χ4v) is 3.85. The molecule has 0 fully saturated rings. The smallest absolute Gasteiger partial charge is 0.240 e. The minimum absolute atomic E-state index is 0.0353. The third-order valence-electron chi connectivity index (χ3n) is 4.08. The Bertz CT molecular complexity index is 862. The van der Waals surface area contributed by atoms with Gasteiger partial charge < -0.3 is 9.47 Å². The van der Waals surface area contributed by atoms with Crippen LogP contribution in [0.4, 0.5) is 0 Å². The molecule has 3 rings (SSSR count). The Morgan fingerprint density at radius 3 is 2.27 bits per heavy atom. The average Bonchev–Trinajstić information content (AvgIpc) is 3.00. The van der Waals surface area contributed by atoms with Crippen LogP contribution in [0.3, 0.4) is 0 Å². The van der Waals surface area contributed by atoms with Crippen LogP contribution >= 0.6 is 11.8 Å². The molecule has 2 aromatic carbocycles. The summed E-state index contributed by atoms with van der Waals surface area (Å²) in [5.41, 5.74) is 2.13. The fraction of sp³-hybridized carbons (Fsp3) is 0.250. The Kier molecular flexibility index (Phi) is 5.73. The summed E-state index contributed by atoms with van der Waals surface area (Å²) in [5.74, 6) is 0.869. The number of likely N-dealkylation sites (N-methyl/N-ethyl adjacent to an activating group) is 1. The molecule has 26 heavy (non-hydrogen) atoms. The van der Waals surface area contributed by atoms with E-state index in [0.717, 1.165) is 16.5 Å². The summed E-state index contributed by atoms with van der Waals surface area (Å²) in [4.78, 5) is 14.4. The molecule has 1 atom stereocenters. The molecule has 0 bridgehead atoms. The minimum Gasteiger partial charge on any atom is -0.348 e. The summed E-state index contributed by atoms with van der Waals surface area (Å²) in [7, 11) is 3.55. The van der Waals surface area contributed by atoms with Crippen LogP contribution in [0.25, 0.3) is 0 Å². The van der Waals surface area contributed by atoms with Gasteiger partial charge in [-0.1, -0.05) is 72.4 Å². The van der Waals surface area contributed by atoms with Crippen LogP contribution in [-0.4, -0.2) is 39.7 Å². The predicted molar refractivity (Wildman–Crippen MR) is 104 cm³/mol. The van der Waals surface area contributed by atoms with Gasteiger partial charge in [-0.3, -0.25) is 4.79 Å². The lowest BCUT2D eigenvalue weighted by molar-refractivity contribution is -0.128. The molecule has 0 spiro atoms. The van der Waals surface area contributed by atoms with Gasteiger partial charge in [-0.05, 0) is 18.1 Å². The van der Waals surface area contributed by atoms with E-state index < -0.39 is 0 Å².